The number of imide groups is 1. The maximum absolute atomic E-state index is 13.7. The lowest BCUT2D eigenvalue weighted by atomic mass is 9.82. The molecule has 1 fully saturated rings. The fraction of sp³-hybridized carbons (Fsp3) is 0.154. The van der Waals surface area contributed by atoms with Gasteiger partial charge in [0.25, 0.3) is 5.91 Å². The van der Waals surface area contributed by atoms with E-state index in [1.54, 1.807) is 60.7 Å². The Hall–Kier alpha value is -4.66. The largest absolute Gasteiger partial charge is 0.495 e. The molecule has 3 N–H and O–H groups in total. The molecule has 5 amide bonds. The molecule has 0 aromatic heterocycles. The van der Waals surface area contributed by atoms with E-state index in [4.69, 9.17) is 4.74 Å². The average molecular weight is 473 g/mol. The predicted octanol–water partition coefficient (Wildman–Crippen LogP) is 3.09. The number of amides is 5. The van der Waals surface area contributed by atoms with Gasteiger partial charge in [-0.25, -0.2) is 4.79 Å². The first kappa shape index (κ1) is 23.5. The Morgan fingerprint density at radius 3 is 2.06 bits per heavy atom. The van der Waals surface area contributed by atoms with Crippen molar-refractivity contribution in [2.75, 3.05) is 24.3 Å². The topological polar surface area (TPSA) is 117 Å². The third-order valence-corrected chi connectivity index (χ3v) is 5.61. The minimum atomic E-state index is -1.46. The number of urea groups is 1. The number of hydrogen-bond donors (Lipinski definition) is 3. The molecule has 35 heavy (non-hydrogen) atoms. The summed E-state index contributed by atoms with van der Waals surface area (Å²) in [5.41, 5.74) is 0.446. The second kappa shape index (κ2) is 9.68. The number of carbonyl (C=O) groups excluding carboxylic acids is 4. The number of anilines is 2. The molecule has 9 nitrogen and oxygen atoms in total. The molecule has 9 heteroatoms. The highest BCUT2D eigenvalue weighted by molar-refractivity contribution is 6.12. The Bertz CT molecular complexity index is 1240. The first-order chi connectivity index (χ1) is 16.8. The summed E-state index contributed by atoms with van der Waals surface area (Å²) in [5.74, 6) is -1.09. The third-order valence-electron chi connectivity index (χ3n) is 5.61. The van der Waals surface area contributed by atoms with Crippen LogP contribution in [0.25, 0.3) is 0 Å². The molecule has 0 aliphatic carbocycles. The smallest absolute Gasteiger partial charge is 0.326 e. The Kier molecular flexibility index (Phi) is 6.50. The summed E-state index contributed by atoms with van der Waals surface area (Å²) in [5, 5.41) is 8.10. The van der Waals surface area contributed by atoms with Crippen molar-refractivity contribution in [3.8, 4) is 5.75 Å². The fourth-order valence-electron chi connectivity index (χ4n) is 4.07. The van der Waals surface area contributed by atoms with Gasteiger partial charge in [-0.05, 0) is 29.3 Å². The SMILES string of the molecule is COc1ccc(NC(C)=O)cc1NC(=O)CN1C(=O)NC(c2ccccc2)(c2ccccc2)C1=O. The van der Waals surface area contributed by atoms with Crippen molar-refractivity contribution >= 4 is 35.1 Å². The minimum absolute atomic E-state index is 0.273. The lowest BCUT2D eigenvalue weighted by Gasteiger charge is -2.28. The zero-order valence-corrected chi connectivity index (χ0v) is 19.2. The lowest BCUT2D eigenvalue weighted by Crippen LogP contribution is -2.45. The number of nitrogens with one attached hydrogen (secondary N) is 3. The van der Waals surface area contributed by atoms with E-state index < -0.39 is 29.9 Å². The van der Waals surface area contributed by atoms with Crippen LogP contribution in [0.3, 0.4) is 0 Å². The number of benzene rings is 3. The van der Waals surface area contributed by atoms with Crippen LogP contribution < -0.4 is 20.7 Å². The minimum Gasteiger partial charge on any atom is -0.495 e. The average Bonchev–Trinajstić information content (AvgIpc) is 3.10. The van der Waals surface area contributed by atoms with Gasteiger partial charge in [0.05, 0.1) is 12.8 Å². The van der Waals surface area contributed by atoms with Gasteiger partial charge in [0.2, 0.25) is 11.8 Å². The molecule has 3 aromatic rings. The van der Waals surface area contributed by atoms with Gasteiger partial charge < -0.3 is 20.7 Å². The molecular formula is C26H24N4O5. The molecule has 1 heterocycles. The zero-order chi connectivity index (χ0) is 25.0. The molecule has 0 bridgehead atoms. The van der Waals surface area contributed by atoms with E-state index in [1.807, 2.05) is 12.1 Å². The quantitative estimate of drug-likeness (QED) is 0.457. The van der Waals surface area contributed by atoms with Crippen LogP contribution in [0, 0.1) is 0 Å². The van der Waals surface area contributed by atoms with Crippen molar-refractivity contribution in [3.05, 3.63) is 90.0 Å². The summed E-state index contributed by atoms with van der Waals surface area (Å²) in [6, 6.07) is 21.8. The van der Waals surface area contributed by atoms with E-state index in [9.17, 15) is 19.2 Å². The normalized spacial score (nSPS) is 14.3. The van der Waals surface area contributed by atoms with Crippen molar-refractivity contribution in [1.82, 2.24) is 10.2 Å². The van der Waals surface area contributed by atoms with Gasteiger partial charge in [0, 0.05) is 12.6 Å². The molecule has 0 unspecified atom stereocenters. The van der Waals surface area contributed by atoms with Crippen molar-refractivity contribution in [3.63, 3.8) is 0 Å². The van der Waals surface area contributed by atoms with E-state index in [1.165, 1.54) is 20.1 Å². The molecular weight excluding hydrogens is 448 g/mol. The van der Waals surface area contributed by atoms with Crippen LogP contribution in [0.5, 0.6) is 5.75 Å². The first-order valence-corrected chi connectivity index (χ1v) is 10.9. The van der Waals surface area contributed by atoms with Crippen LogP contribution >= 0.6 is 0 Å². The summed E-state index contributed by atoms with van der Waals surface area (Å²) >= 11 is 0. The number of methoxy groups -OCH3 is 1. The Morgan fingerprint density at radius 2 is 1.51 bits per heavy atom. The van der Waals surface area contributed by atoms with E-state index in [2.05, 4.69) is 16.0 Å². The highest BCUT2D eigenvalue weighted by Crippen LogP contribution is 2.36. The highest BCUT2D eigenvalue weighted by atomic mass is 16.5. The third kappa shape index (κ3) is 4.56. The van der Waals surface area contributed by atoms with Gasteiger partial charge in [-0.3, -0.25) is 19.3 Å². The van der Waals surface area contributed by atoms with Crippen LogP contribution in [-0.4, -0.2) is 42.3 Å². The standard InChI is InChI=1S/C26H24N4O5/c1-17(31)27-20-13-14-22(35-2)21(15-20)28-23(32)16-30-24(33)26(29-25(30)34,18-9-5-3-6-10-18)19-11-7-4-8-12-19/h3-15H,16H2,1-2H3,(H,27,31)(H,28,32)(H,29,34). The summed E-state index contributed by atoms with van der Waals surface area (Å²) in [6.45, 7) is 0.853. The summed E-state index contributed by atoms with van der Waals surface area (Å²) < 4.78 is 5.28. The monoisotopic (exact) mass is 472 g/mol. The van der Waals surface area contributed by atoms with Crippen molar-refractivity contribution in [1.29, 1.82) is 0 Å². The molecule has 0 atom stereocenters. The summed E-state index contributed by atoms with van der Waals surface area (Å²) in [7, 11) is 1.44. The molecule has 0 spiro atoms. The van der Waals surface area contributed by atoms with Crippen LogP contribution in [0.1, 0.15) is 18.1 Å². The molecule has 178 valence electrons. The molecule has 0 saturated carbocycles. The molecule has 3 aromatic carbocycles. The van der Waals surface area contributed by atoms with Crippen molar-refractivity contribution in [2.24, 2.45) is 0 Å². The number of ether oxygens (including phenoxy) is 1. The molecule has 1 aliphatic heterocycles. The van der Waals surface area contributed by atoms with Gasteiger partial charge in [0.1, 0.15) is 12.3 Å². The van der Waals surface area contributed by atoms with Gasteiger partial charge >= 0.3 is 6.03 Å². The Balaban J connectivity index is 1.61. The van der Waals surface area contributed by atoms with E-state index in [0.717, 1.165) is 4.90 Å². The molecule has 1 saturated heterocycles. The number of hydrogen-bond acceptors (Lipinski definition) is 5. The first-order valence-electron chi connectivity index (χ1n) is 10.9. The Labute approximate surface area is 202 Å². The second-order valence-corrected chi connectivity index (χ2v) is 7.95. The Morgan fingerprint density at radius 1 is 0.914 bits per heavy atom. The van der Waals surface area contributed by atoms with Crippen LogP contribution in [0.2, 0.25) is 0 Å². The summed E-state index contributed by atoms with van der Waals surface area (Å²) in [4.78, 5) is 51.9. The van der Waals surface area contributed by atoms with E-state index >= 15 is 0 Å². The van der Waals surface area contributed by atoms with Crippen LogP contribution in [0.4, 0.5) is 16.2 Å². The van der Waals surface area contributed by atoms with Crippen molar-refractivity contribution < 1.29 is 23.9 Å². The lowest BCUT2D eigenvalue weighted by molar-refractivity contribution is -0.133. The molecule has 1 aliphatic rings. The number of nitrogens with zero attached hydrogens (tertiary/aromatic N) is 1. The molecule has 0 radical (unpaired) electrons. The van der Waals surface area contributed by atoms with Gasteiger partial charge in [0.15, 0.2) is 5.54 Å². The maximum Gasteiger partial charge on any atom is 0.326 e. The van der Waals surface area contributed by atoms with Gasteiger partial charge in [-0.1, -0.05) is 60.7 Å². The fourth-order valence-corrected chi connectivity index (χ4v) is 4.07. The summed E-state index contributed by atoms with van der Waals surface area (Å²) in [6.07, 6.45) is 0. The van der Waals surface area contributed by atoms with Gasteiger partial charge in [-0.15, -0.1) is 0 Å². The van der Waals surface area contributed by atoms with Crippen LogP contribution in [-0.2, 0) is 19.9 Å². The highest BCUT2D eigenvalue weighted by Gasteiger charge is 2.54. The number of rotatable bonds is 7. The molecule has 4 rings (SSSR count). The van der Waals surface area contributed by atoms with Crippen molar-refractivity contribution in [2.45, 2.75) is 12.5 Å². The predicted molar refractivity (Wildman–Crippen MR) is 130 cm³/mol. The zero-order valence-electron chi connectivity index (χ0n) is 19.2. The van der Waals surface area contributed by atoms with E-state index in [-0.39, 0.29) is 11.6 Å². The second-order valence-electron chi connectivity index (χ2n) is 7.95. The van der Waals surface area contributed by atoms with Crippen LogP contribution in [0.15, 0.2) is 78.9 Å². The number of carbonyl (C=O) groups is 4. The maximum atomic E-state index is 13.7. The van der Waals surface area contributed by atoms with Gasteiger partial charge in [-0.2, -0.15) is 0 Å². The van der Waals surface area contributed by atoms with E-state index in [0.29, 0.717) is 22.6 Å².